The van der Waals surface area contributed by atoms with Gasteiger partial charge in [-0.3, -0.25) is 14.2 Å². The van der Waals surface area contributed by atoms with E-state index in [2.05, 4.69) is 24.3 Å². The average molecular weight is 412 g/mol. The third-order valence-corrected chi connectivity index (χ3v) is 6.00. The maximum atomic E-state index is 13.2. The van der Waals surface area contributed by atoms with Crippen molar-refractivity contribution in [2.24, 2.45) is 13.0 Å². The van der Waals surface area contributed by atoms with E-state index < -0.39 is 0 Å². The second-order valence-electron chi connectivity index (χ2n) is 8.72. The number of fused-ring (bicyclic) bond motifs is 3. The van der Waals surface area contributed by atoms with E-state index in [4.69, 9.17) is 0 Å². The van der Waals surface area contributed by atoms with E-state index in [0.717, 1.165) is 32.1 Å². The molecule has 160 valence electrons. The molecule has 4 rings (SSSR count). The molecule has 0 spiro atoms. The van der Waals surface area contributed by atoms with Gasteiger partial charge in [0.15, 0.2) is 0 Å². The van der Waals surface area contributed by atoms with Crippen LogP contribution in [-0.4, -0.2) is 30.7 Å². The number of carbonyl (C=O) groups excluding carboxylic acids is 1. The van der Waals surface area contributed by atoms with Gasteiger partial charge >= 0.3 is 5.69 Å². The fourth-order valence-corrected chi connectivity index (χ4v) is 4.22. The molecule has 1 N–H and O–H groups in total. The fourth-order valence-electron chi connectivity index (χ4n) is 4.22. The summed E-state index contributed by atoms with van der Waals surface area (Å²) in [6.45, 7) is 4.66. The Hall–Kier alpha value is -2.90. The topological polar surface area (TPSA) is 90.4 Å². The van der Waals surface area contributed by atoms with E-state index in [1.165, 1.54) is 15.5 Å². The van der Waals surface area contributed by atoms with Crippen LogP contribution in [0.2, 0.25) is 0 Å². The Morgan fingerprint density at radius 3 is 2.63 bits per heavy atom. The van der Waals surface area contributed by atoms with Crippen molar-refractivity contribution < 1.29 is 4.79 Å². The van der Waals surface area contributed by atoms with Crippen molar-refractivity contribution in [2.75, 3.05) is 0 Å². The summed E-state index contributed by atoms with van der Waals surface area (Å²) < 4.78 is 4.23. The van der Waals surface area contributed by atoms with E-state index in [-0.39, 0.29) is 23.2 Å². The quantitative estimate of drug-likeness (QED) is 0.698. The van der Waals surface area contributed by atoms with Gasteiger partial charge in [-0.2, -0.15) is 0 Å². The van der Waals surface area contributed by atoms with Gasteiger partial charge in [0.05, 0.1) is 10.9 Å². The maximum absolute atomic E-state index is 13.2. The van der Waals surface area contributed by atoms with E-state index in [1.807, 2.05) is 0 Å². The molecular weight excluding hydrogens is 382 g/mol. The number of nitrogens with zero attached hydrogens (tertiary/aromatic N) is 4. The van der Waals surface area contributed by atoms with Crippen LogP contribution in [0.25, 0.3) is 16.7 Å². The van der Waals surface area contributed by atoms with Crippen LogP contribution in [0.4, 0.5) is 0 Å². The molecule has 1 fully saturated rings. The standard InChI is InChI=1S/C22H29N5O3/c1-14(2)11-12-26-20(29)17-10-9-15(19(28)23-16-7-5-4-6-8-16)13-18(17)27-21(26)24-25(3)22(27)30/h9-10,13-14,16H,4-8,11-12H2,1-3H3,(H,23,28). The molecule has 3 aromatic rings. The normalized spacial score (nSPS) is 15.3. The highest BCUT2D eigenvalue weighted by molar-refractivity contribution is 5.98. The van der Waals surface area contributed by atoms with Gasteiger partial charge in [0.2, 0.25) is 5.78 Å². The fraction of sp³-hybridized carbons (Fsp3) is 0.545. The van der Waals surface area contributed by atoms with Crippen molar-refractivity contribution in [1.82, 2.24) is 24.1 Å². The first-order chi connectivity index (χ1) is 14.4. The zero-order valence-electron chi connectivity index (χ0n) is 17.9. The number of aryl methyl sites for hydroxylation is 2. The van der Waals surface area contributed by atoms with E-state index in [0.29, 0.717) is 34.7 Å². The Bertz CT molecular complexity index is 1210. The van der Waals surface area contributed by atoms with Gasteiger partial charge in [0.25, 0.3) is 11.5 Å². The zero-order valence-corrected chi connectivity index (χ0v) is 17.9. The molecule has 2 heterocycles. The molecule has 0 unspecified atom stereocenters. The van der Waals surface area contributed by atoms with Crippen LogP contribution in [0.15, 0.2) is 27.8 Å². The second kappa shape index (κ2) is 8.08. The van der Waals surface area contributed by atoms with E-state index >= 15 is 0 Å². The Balaban J connectivity index is 1.82. The lowest BCUT2D eigenvalue weighted by Crippen LogP contribution is -2.36. The first kappa shape index (κ1) is 20.4. The molecule has 8 heteroatoms. The van der Waals surface area contributed by atoms with Gasteiger partial charge in [0, 0.05) is 25.2 Å². The van der Waals surface area contributed by atoms with Gasteiger partial charge in [-0.15, -0.1) is 5.10 Å². The Morgan fingerprint density at radius 1 is 1.20 bits per heavy atom. The van der Waals surface area contributed by atoms with Crippen molar-refractivity contribution in [3.63, 3.8) is 0 Å². The highest BCUT2D eigenvalue weighted by Gasteiger charge is 2.20. The summed E-state index contributed by atoms with van der Waals surface area (Å²) in [6.07, 6.45) is 6.26. The summed E-state index contributed by atoms with van der Waals surface area (Å²) in [5.74, 6) is 0.553. The maximum Gasteiger partial charge on any atom is 0.351 e. The van der Waals surface area contributed by atoms with Crippen molar-refractivity contribution in [3.05, 3.63) is 44.6 Å². The summed E-state index contributed by atoms with van der Waals surface area (Å²) >= 11 is 0. The SMILES string of the molecule is CC(C)CCn1c(=O)c2ccc(C(=O)NC3CCCCC3)cc2n2c(=O)n(C)nc12. The summed E-state index contributed by atoms with van der Waals surface area (Å²) in [5, 5.41) is 7.81. The lowest BCUT2D eigenvalue weighted by Gasteiger charge is -2.22. The van der Waals surface area contributed by atoms with Gasteiger partial charge < -0.3 is 5.32 Å². The monoisotopic (exact) mass is 411 g/mol. The van der Waals surface area contributed by atoms with Crippen LogP contribution in [0, 0.1) is 5.92 Å². The number of benzene rings is 1. The molecule has 1 amide bonds. The summed E-state index contributed by atoms with van der Waals surface area (Å²) in [7, 11) is 1.57. The molecule has 30 heavy (non-hydrogen) atoms. The van der Waals surface area contributed by atoms with Crippen LogP contribution in [-0.2, 0) is 13.6 Å². The molecule has 0 bridgehead atoms. The van der Waals surface area contributed by atoms with Crippen LogP contribution in [0.5, 0.6) is 0 Å². The molecule has 0 radical (unpaired) electrons. The van der Waals surface area contributed by atoms with Crippen molar-refractivity contribution >= 4 is 22.6 Å². The van der Waals surface area contributed by atoms with Gasteiger partial charge in [-0.05, 0) is 43.4 Å². The minimum absolute atomic E-state index is 0.169. The molecule has 1 aromatic carbocycles. The van der Waals surface area contributed by atoms with Gasteiger partial charge in [-0.1, -0.05) is 33.1 Å². The molecule has 1 saturated carbocycles. The molecule has 0 atom stereocenters. The average Bonchev–Trinajstić information content (AvgIpc) is 3.02. The number of nitrogens with one attached hydrogen (secondary N) is 1. The molecule has 2 aromatic heterocycles. The highest BCUT2D eigenvalue weighted by atomic mass is 16.2. The van der Waals surface area contributed by atoms with Crippen LogP contribution in [0.1, 0.15) is 62.7 Å². The minimum Gasteiger partial charge on any atom is -0.349 e. The number of carbonyl (C=O) groups is 1. The number of amides is 1. The molecule has 0 saturated heterocycles. The minimum atomic E-state index is -0.335. The first-order valence-corrected chi connectivity index (χ1v) is 10.8. The van der Waals surface area contributed by atoms with Crippen LogP contribution >= 0.6 is 0 Å². The zero-order chi connectivity index (χ0) is 21.4. The Kier molecular flexibility index (Phi) is 5.49. The Morgan fingerprint density at radius 2 is 1.93 bits per heavy atom. The predicted octanol–water partition coefficient (Wildman–Crippen LogP) is 2.46. The lowest BCUT2D eigenvalue weighted by molar-refractivity contribution is 0.0928. The number of aromatic nitrogens is 4. The summed E-state index contributed by atoms with van der Waals surface area (Å²) in [6, 6.07) is 5.14. The predicted molar refractivity (Wildman–Crippen MR) is 116 cm³/mol. The van der Waals surface area contributed by atoms with E-state index in [9.17, 15) is 14.4 Å². The van der Waals surface area contributed by atoms with Crippen LogP contribution in [0.3, 0.4) is 0 Å². The summed E-state index contributed by atoms with van der Waals surface area (Å²) in [4.78, 5) is 38.8. The third kappa shape index (κ3) is 3.66. The van der Waals surface area contributed by atoms with Gasteiger partial charge in [-0.25, -0.2) is 13.9 Å². The van der Waals surface area contributed by atoms with Crippen molar-refractivity contribution in [2.45, 2.75) is 65.0 Å². The van der Waals surface area contributed by atoms with Gasteiger partial charge in [0.1, 0.15) is 0 Å². The van der Waals surface area contributed by atoms with E-state index in [1.54, 1.807) is 29.8 Å². The third-order valence-electron chi connectivity index (χ3n) is 6.00. The molecule has 1 aliphatic rings. The summed E-state index contributed by atoms with van der Waals surface area (Å²) in [5.41, 5.74) is 0.343. The van der Waals surface area contributed by atoms with Crippen molar-refractivity contribution in [1.29, 1.82) is 0 Å². The van der Waals surface area contributed by atoms with Crippen molar-refractivity contribution in [3.8, 4) is 0 Å². The molecule has 1 aliphatic carbocycles. The number of hydrogen-bond donors (Lipinski definition) is 1. The second-order valence-corrected chi connectivity index (χ2v) is 8.72. The molecule has 0 aliphatic heterocycles. The largest absolute Gasteiger partial charge is 0.351 e. The Labute approximate surface area is 174 Å². The highest BCUT2D eigenvalue weighted by Crippen LogP contribution is 2.19. The first-order valence-electron chi connectivity index (χ1n) is 10.8. The number of rotatable bonds is 5. The number of hydrogen-bond acceptors (Lipinski definition) is 4. The van der Waals surface area contributed by atoms with Crippen LogP contribution < -0.4 is 16.6 Å². The smallest absolute Gasteiger partial charge is 0.349 e. The molecule has 8 nitrogen and oxygen atoms in total. The lowest BCUT2D eigenvalue weighted by atomic mass is 9.95. The molecular formula is C22H29N5O3.